The van der Waals surface area contributed by atoms with Crippen LogP contribution in [0.2, 0.25) is 0 Å². The summed E-state index contributed by atoms with van der Waals surface area (Å²) in [5.74, 6) is -0.0552. The summed E-state index contributed by atoms with van der Waals surface area (Å²) in [5, 5.41) is 6.59. The quantitative estimate of drug-likeness (QED) is 0.615. The fourth-order valence-electron chi connectivity index (χ4n) is 3.85. The molecule has 1 atom stereocenters. The second-order valence-electron chi connectivity index (χ2n) is 7.63. The van der Waals surface area contributed by atoms with E-state index in [9.17, 15) is 4.79 Å². The normalized spacial score (nSPS) is 13.6. The van der Waals surface area contributed by atoms with Gasteiger partial charge >= 0.3 is 0 Å². The van der Waals surface area contributed by atoms with Gasteiger partial charge in [-0.25, -0.2) is 0 Å². The number of amides is 1. The summed E-state index contributed by atoms with van der Waals surface area (Å²) in [6.45, 7) is 4.05. The molecule has 0 heterocycles. The molecule has 2 N–H and O–H groups in total. The lowest BCUT2D eigenvalue weighted by Gasteiger charge is -2.21. The van der Waals surface area contributed by atoms with Gasteiger partial charge in [-0.2, -0.15) is 0 Å². The average molecular weight is 370 g/mol. The van der Waals surface area contributed by atoms with Gasteiger partial charge in [0, 0.05) is 11.4 Å². The van der Waals surface area contributed by atoms with Crippen LogP contribution < -0.4 is 10.6 Å². The molecule has 142 valence electrons. The van der Waals surface area contributed by atoms with Crippen molar-refractivity contribution in [3.8, 4) is 0 Å². The van der Waals surface area contributed by atoms with Gasteiger partial charge in [0.15, 0.2) is 0 Å². The van der Waals surface area contributed by atoms with Crippen LogP contribution in [0.4, 0.5) is 11.4 Å². The predicted octanol–water partition coefficient (Wildman–Crippen LogP) is 5.58. The summed E-state index contributed by atoms with van der Waals surface area (Å²) in [4.78, 5) is 13.2. The van der Waals surface area contributed by atoms with Crippen LogP contribution in [-0.4, -0.2) is 5.91 Å². The minimum Gasteiger partial charge on any atom is -0.370 e. The van der Waals surface area contributed by atoms with Crippen LogP contribution in [0, 0.1) is 13.8 Å². The number of rotatable bonds is 5. The Morgan fingerprint density at radius 3 is 2.50 bits per heavy atom. The zero-order chi connectivity index (χ0) is 19.5. The van der Waals surface area contributed by atoms with Gasteiger partial charge in [0.05, 0.1) is 0 Å². The van der Waals surface area contributed by atoms with Crippen LogP contribution in [0.3, 0.4) is 0 Å². The molecule has 1 aliphatic rings. The molecular weight excluding hydrogens is 344 g/mol. The number of carbonyl (C=O) groups excluding carboxylic acids is 1. The maximum atomic E-state index is 13.2. The van der Waals surface area contributed by atoms with Crippen molar-refractivity contribution in [1.29, 1.82) is 0 Å². The molecule has 0 bridgehead atoms. The highest BCUT2D eigenvalue weighted by Gasteiger charge is 2.22. The zero-order valence-corrected chi connectivity index (χ0v) is 16.5. The lowest BCUT2D eigenvalue weighted by Crippen LogP contribution is -2.27. The molecule has 3 heteroatoms. The molecule has 28 heavy (non-hydrogen) atoms. The molecule has 3 nitrogen and oxygen atoms in total. The molecule has 1 amide bonds. The maximum Gasteiger partial charge on any atom is 0.251 e. The van der Waals surface area contributed by atoms with E-state index in [0.29, 0.717) is 0 Å². The zero-order valence-electron chi connectivity index (χ0n) is 16.5. The van der Waals surface area contributed by atoms with Crippen LogP contribution in [0.1, 0.15) is 40.3 Å². The van der Waals surface area contributed by atoms with Crippen molar-refractivity contribution < 1.29 is 4.79 Å². The summed E-state index contributed by atoms with van der Waals surface area (Å²) >= 11 is 0. The molecule has 0 fully saturated rings. The van der Waals surface area contributed by atoms with Gasteiger partial charge in [-0.3, -0.25) is 4.79 Å². The van der Waals surface area contributed by atoms with Crippen molar-refractivity contribution in [1.82, 2.24) is 0 Å². The van der Waals surface area contributed by atoms with E-state index in [4.69, 9.17) is 0 Å². The van der Waals surface area contributed by atoms with Gasteiger partial charge in [-0.1, -0.05) is 48.5 Å². The van der Waals surface area contributed by atoms with E-state index in [-0.39, 0.29) is 5.91 Å². The van der Waals surface area contributed by atoms with Gasteiger partial charge in [0.2, 0.25) is 0 Å². The Balaban J connectivity index is 1.62. The number of anilines is 2. The SMILES string of the molecule is Cc1ccc(C)c(NC(=O)[C@@H](Nc2ccc3c(c2)CCC3)c2ccccc2)c1. The standard InChI is InChI=1S/C25H26N2O/c1-17-11-12-18(2)23(15-17)27-25(28)24(20-7-4-3-5-8-20)26-22-14-13-19-9-6-10-21(19)16-22/h3-5,7-8,11-16,24,26H,6,9-10H2,1-2H3,(H,27,28)/t24-/m0/s1. The first-order chi connectivity index (χ1) is 13.6. The number of aryl methyl sites for hydroxylation is 4. The minimum atomic E-state index is -0.458. The van der Waals surface area contributed by atoms with Gasteiger partial charge in [0.25, 0.3) is 5.91 Å². The fourth-order valence-corrected chi connectivity index (χ4v) is 3.85. The van der Waals surface area contributed by atoms with Gasteiger partial charge in [-0.05, 0) is 79.1 Å². The average Bonchev–Trinajstić information content (AvgIpc) is 3.17. The topological polar surface area (TPSA) is 41.1 Å². The summed E-state index contributed by atoms with van der Waals surface area (Å²) < 4.78 is 0. The van der Waals surface area contributed by atoms with E-state index in [1.165, 1.54) is 17.5 Å². The van der Waals surface area contributed by atoms with Crippen LogP contribution in [0.15, 0.2) is 66.7 Å². The predicted molar refractivity (Wildman–Crippen MR) is 116 cm³/mol. The highest BCUT2D eigenvalue weighted by Crippen LogP contribution is 2.28. The second-order valence-corrected chi connectivity index (χ2v) is 7.63. The number of benzene rings is 3. The van der Waals surface area contributed by atoms with E-state index >= 15 is 0 Å². The molecule has 0 aliphatic heterocycles. The Kier molecular flexibility index (Phi) is 5.16. The minimum absolute atomic E-state index is 0.0552. The van der Waals surface area contributed by atoms with Crippen LogP contribution in [0.5, 0.6) is 0 Å². The molecule has 0 saturated heterocycles. The summed E-state index contributed by atoms with van der Waals surface area (Å²) in [6.07, 6.45) is 3.49. The molecule has 0 spiro atoms. The van der Waals surface area contributed by atoms with E-state index in [0.717, 1.165) is 40.9 Å². The molecular formula is C25H26N2O. The third-order valence-electron chi connectivity index (χ3n) is 5.46. The summed E-state index contributed by atoms with van der Waals surface area (Å²) in [5.41, 5.74) is 7.82. The first-order valence-corrected chi connectivity index (χ1v) is 9.91. The van der Waals surface area contributed by atoms with Crippen molar-refractivity contribution in [2.75, 3.05) is 10.6 Å². The Morgan fingerprint density at radius 1 is 0.893 bits per heavy atom. The largest absolute Gasteiger partial charge is 0.370 e. The van der Waals surface area contributed by atoms with E-state index in [1.54, 1.807) is 0 Å². The Bertz CT molecular complexity index is 995. The van der Waals surface area contributed by atoms with E-state index in [1.807, 2.05) is 56.3 Å². The Labute approximate surface area is 166 Å². The lowest BCUT2D eigenvalue weighted by atomic mass is 10.0. The highest BCUT2D eigenvalue weighted by atomic mass is 16.2. The number of fused-ring (bicyclic) bond motifs is 1. The second kappa shape index (κ2) is 7.89. The third-order valence-corrected chi connectivity index (χ3v) is 5.46. The first kappa shape index (κ1) is 18.3. The van der Waals surface area contributed by atoms with Crippen molar-refractivity contribution in [3.05, 3.63) is 94.5 Å². The number of carbonyl (C=O) groups is 1. The Hall–Kier alpha value is -3.07. The molecule has 0 saturated carbocycles. The summed E-state index contributed by atoms with van der Waals surface area (Å²) in [6, 6.07) is 22.0. The van der Waals surface area contributed by atoms with Gasteiger partial charge in [0.1, 0.15) is 6.04 Å². The number of nitrogens with one attached hydrogen (secondary N) is 2. The van der Waals surface area contributed by atoms with Crippen LogP contribution >= 0.6 is 0 Å². The van der Waals surface area contributed by atoms with Crippen molar-refractivity contribution in [3.63, 3.8) is 0 Å². The fraction of sp³-hybridized carbons (Fsp3) is 0.240. The first-order valence-electron chi connectivity index (χ1n) is 9.91. The highest BCUT2D eigenvalue weighted by molar-refractivity contribution is 5.98. The smallest absolute Gasteiger partial charge is 0.251 e. The van der Waals surface area contributed by atoms with Gasteiger partial charge < -0.3 is 10.6 Å². The molecule has 0 unspecified atom stereocenters. The number of hydrogen-bond acceptors (Lipinski definition) is 2. The monoisotopic (exact) mass is 370 g/mol. The molecule has 3 aromatic carbocycles. The number of hydrogen-bond donors (Lipinski definition) is 2. The Morgan fingerprint density at radius 2 is 1.68 bits per heavy atom. The molecule has 3 aromatic rings. The van der Waals surface area contributed by atoms with Crippen molar-refractivity contribution in [2.45, 2.75) is 39.2 Å². The third kappa shape index (κ3) is 3.94. The lowest BCUT2D eigenvalue weighted by molar-refractivity contribution is -0.117. The van der Waals surface area contributed by atoms with E-state index in [2.05, 4.69) is 34.9 Å². The molecule has 0 aromatic heterocycles. The van der Waals surface area contributed by atoms with Crippen LogP contribution in [0.25, 0.3) is 0 Å². The maximum absolute atomic E-state index is 13.2. The van der Waals surface area contributed by atoms with Crippen LogP contribution in [-0.2, 0) is 17.6 Å². The van der Waals surface area contributed by atoms with E-state index < -0.39 is 6.04 Å². The van der Waals surface area contributed by atoms with Crippen molar-refractivity contribution >= 4 is 17.3 Å². The van der Waals surface area contributed by atoms with Crippen molar-refractivity contribution in [2.24, 2.45) is 0 Å². The molecule has 0 radical (unpaired) electrons. The summed E-state index contributed by atoms with van der Waals surface area (Å²) in [7, 11) is 0. The van der Waals surface area contributed by atoms with Gasteiger partial charge in [-0.15, -0.1) is 0 Å². The molecule has 4 rings (SSSR count). The molecule has 1 aliphatic carbocycles.